The molecule has 0 radical (unpaired) electrons. The third-order valence-electron chi connectivity index (χ3n) is 5.77. The molecule has 6 heteroatoms. The largest absolute Gasteiger partial charge is 0.245 e. The lowest BCUT2D eigenvalue weighted by molar-refractivity contribution is -0.446. The fraction of sp³-hybridized carbons (Fsp3) is 0.714. The van der Waals surface area contributed by atoms with Crippen molar-refractivity contribution in [2.75, 3.05) is 0 Å². The first-order valence-corrected chi connectivity index (χ1v) is 6.76. The fourth-order valence-corrected chi connectivity index (χ4v) is 4.90. The van der Waals surface area contributed by atoms with Crippen molar-refractivity contribution in [2.45, 2.75) is 48.4 Å². The molecule has 4 rings (SSSR count). The standard InChI is InChI=1S/C14H12F6/c15-9-10(16)14(20)12(18)8-6-4-2-1-3-5-7(8)11(12,17)13(9,14)19/h1-2,7-8H,3-6H2/b2-1-/t7-,8-,11-,12+,13+,14-/m0/s1. The van der Waals surface area contributed by atoms with Gasteiger partial charge in [-0.25, -0.2) is 26.3 Å². The summed E-state index contributed by atoms with van der Waals surface area (Å²) in [6, 6.07) is 0. The van der Waals surface area contributed by atoms with Crippen LogP contribution in [0.15, 0.2) is 23.8 Å². The Hall–Kier alpha value is -0.940. The van der Waals surface area contributed by atoms with E-state index >= 15 is 0 Å². The van der Waals surface area contributed by atoms with Crippen LogP contribution in [0.2, 0.25) is 0 Å². The first-order chi connectivity index (χ1) is 9.29. The van der Waals surface area contributed by atoms with Crippen molar-refractivity contribution in [3.63, 3.8) is 0 Å². The van der Waals surface area contributed by atoms with Gasteiger partial charge < -0.3 is 0 Å². The molecule has 20 heavy (non-hydrogen) atoms. The lowest BCUT2D eigenvalue weighted by atomic mass is 9.26. The number of halogens is 6. The predicted molar refractivity (Wildman–Crippen MR) is 59.2 cm³/mol. The predicted octanol–water partition coefficient (Wildman–Crippen LogP) is 4.37. The minimum atomic E-state index is -3.77. The Balaban J connectivity index is 1.84. The van der Waals surface area contributed by atoms with E-state index in [1.54, 1.807) is 12.2 Å². The lowest BCUT2D eigenvalue weighted by Crippen LogP contribution is -3.02. The second-order valence-corrected chi connectivity index (χ2v) is 6.21. The highest BCUT2D eigenvalue weighted by Crippen LogP contribution is 2.88. The van der Waals surface area contributed by atoms with Crippen LogP contribution in [0.4, 0.5) is 26.3 Å². The molecule has 4 aliphatic carbocycles. The van der Waals surface area contributed by atoms with Gasteiger partial charge in [0, 0.05) is 11.8 Å². The van der Waals surface area contributed by atoms with E-state index in [9.17, 15) is 26.3 Å². The number of hydrogen-bond acceptors (Lipinski definition) is 0. The van der Waals surface area contributed by atoms with Crippen molar-refractivity contribution >= 4 is 0 Å². The maximum absolute atomic E-state index is 14.8. The highest BCUT2D eigenvalue weighted by atomic mass is 19.2. The third kappa shape index (κ3) is 0.761. The summed E-state index contributed by atoms with van der Waals surface area (Å²) in [5, 5.41) is 0. The summed E-state index contributed by atoms with van der Waals surface area (Å²) in [5.41, 5.74) is -14.1. The number of fused-ring (bicyclic) bond motifs is 7. The van der Waals surface area contributed by atoms with Crippen molar-refractivity contribution in [3.8, 4) is 0 Å². The molecular weight excluding hydrogens is 282 g/mol. The summed E-state index contributed by atoms with van der Waals surface area (Å²) in [6.45, 7) is 0. The van der Waals surface area contributed by atoms with Crippen LogP contribution in [0.1, 0.15) is 25.7 Å². The van der Waals surface area contributed by atoms with Crippen molar-refractivity contribution in [1.82, 2.24) is 0 Å². The average molecular weight is 294 g/mol. The van der Waals surface area contributed by atoms with E-state index in [1.807, 2.05) is 0 Å². The first kappa shape index (κ1) is 12.8. The molecule has 0 heterocycles. The van der Waals surface area contributed by atoms with Crippen LogP contribution in [-0.2, 0) is 0 Å². The normalized spacial score (nSPS) is 61.7. The molecular formula is C14H12F6. The maximum atomic E-state index is 14.8. The summed E-state index contributed by atoms with van der Waals surface area (Å²) < 4.78 is 85.0. The molecule has 0 nitrogen and oxygen atoms in total. The van der Waals surface area contributed by atoms with E-state index in [2.05, 4.69) is 0 Å². The summed E-state index contributed by atoms with van der Waals surface area (Å²) in [5.74, 6) is -6.42. The second-order valence-electron chi connectivity index (χ2n) is 6.21. The van der Waals surface area contributed by atoms with Gasteiger partial charge in [-0.1, -0.05) is 12.2 Å². The average Bonchev–Trinajstić information content (AvgIpc) is 2.42. The van der Waals surface area contributed by atoms with Gasteiger partial charge in [0.25, 0.3) is 0 Å². The van der Waals surface area contributed by atoms with Gasteiger partial charge in [-0.15, -0.1) is 0 Å². The van der Waals surface area contributed by atoms with E-state index in [4.69, 9.17) is 0 Å². The molecule has 0 aromatic heterocycles. The molecule has 6 atom stereocenters. The zero-order valence-electron chi connectivity index (χ0n) is 10.4. The van der Waals surface area contributed by atoms with Crippen LogP contribution >= 0.6 is 0 Å². The second kappa shape index (κ2) is 3.12. The van der Waals surface area contributed by atoms with Crippen LogP contribution < -0.4 is 0 Å². The van der Waals surface area contributed by atoms with Crippen molar-refractivity contribution in [1.29, 1.82) is 0 Å². The third-order valence-corrected chi connectivity index (χ3v) is 5.77. The van der Waals surface area contributed by atoms with Crippen LogP contribution in [-0.4, -0.2) is 22.7 Å². The van der Waals surface area contributed by atoms with E-state index in [0.29, 0.717) is 12.8 Å². The monoisotopic (exact) mass is 294 g/mol. The Bertz CT molecular complexity index is 522. The molecule has 0 aromatic carbocycles. The summed E-state index contributed by atoms with van der Waals surface area (Å²) in [6.07, 6.45) is 4.54. The molecule has 4 aliphatic rings. The lowest BCUT2D eigenvalue weighted by Gasteiger charge is -2.80. The topological polar surface area (TPSA) is 0 Å². The van der Waals surface area contributed by atoms with Gasteiger partial charge in [-0.3, -0.25) is 0 Å². The van der Waals surface area contributed by atoms with E-state index < -0.39 is 46.2 Å². The highest BCUT2D eigenvalue weighted by Gasteiger charge is 3.09. The Morgan fingerprint density at radius 3 is 1.45 bits per heavy atom. The molecule has 0 amide bonds. The zero-order chi connectivity index (χ0) is 14.6. The molecule has 2 fully saturated rings. The molecule has 0 unspecified atom stereocenters. The minimum absolute atomic E-state index is 0.111. The molecule has 110 valence electrons. The maximum Gasteiger partial charge on any atom is 0.245 e. The van der Waals surface area contributed by atoms with Crippen LogP contribution in [0.5, 0.6) is 0 Å². The van der Waals surface area contributed by atoms with Gasteiger partial charge in [0.2, 0.25) is 11.3 Å². The van der Waals surface area contributed by atoms with Gasteiger partial charge >= 0.3 is 0 Å². The van der Waals surface area contributed by atoms with Gasteiger partial charge in [0.05, 0.1) is 0 Å². The quantitative estimate of drug-likeness (QED) is 0.459. The van der Waals surface area contributed by atoms with Crippen molar-refractivity contribution in [2.24, 2.45) is 11.8 Å². The van der Waals surface area contributed by atoms with E-state index in [1.165, 1.54) is 0 Å². The Morgan fingerprint density at radius 1 is 0.750 bits per heavy atom. The van der Waals surface area contributed by atoms with Crippen LogP contribution in [0.25, 0.3) is 0 Å². The summed E-state index contributed by atoms with van der Waals surface area (Å²) in [4.78, 5) is 0. The number of rotatable bonds is 0. The zero-order valence-corrected chi connectivity index (χ0v) is 10.4. The first-order valence-electron chi connectivity index (χ1n) is 6.76. The van der Waals surface area contributed by atoms with Crippen LogP contribution in [0.3, 0.4) is 0 Å². The summed E-state index contributed by atoms with van der Waals surface area (Å²) in [7, 11) is 0. The minimum Gasteiger partial charge on any atom is -0.236 e. The highest BCUT2D eigenvalue weighted by molar-refractivity contribution is 5.65. The Kier molecular flexibility index (Phi) is 1.99. The van der Waals surface area contributed by atoms with E-state index in [0.717, 1.165) is 0 Å². The number of allylic oxidation sites excluding steroid dienone is 4. The Morgan fingerprint density at radius 2 is 1.10 bits per heavy atom. The van der Waals surface area contributed by atoms with Crippen molar-refractivity contribution in [3.05, 3.63) is 23.8 Å². The van der Waals surface area contributed by atoms with Gasteiger partial charge in [0.1, 0.15) is 0 Å². The smallest absolute Gasteiger partial charge is 0.236 e. The molecule has 0 bridgehead atoms. The molecule has 0 aliphatic heterocycles. The number of alkyl halides is 4. The molecule has 2 saturated carbocycles. The molecule has 0 aromatic rings. The van der Waals surface area contributed by atoms with E-state index in [-0.39, 0.29) is 12.8 Å². The van der Waals surface area contributed by atoms with Gasteiger partial charge in [-0.05, 0) is 25.7 Å². The summed E-state index contributed by atoms with van der Waals surface area (Å²) >= 11 is 0. The molecule has 0 spiro atoms. The molecule has 0 saturated heterocycles. The number of hydrogen-bond donors (Lipinski definition) is 0. The van der Waals surface area contributed by atoms with Crippen LogP contribution in [0, 0.1) is 11.8 Å². The Labute approximate surface area is 111 Å². The SMILES string of the molecule is FC1=C(F)[C@]2(F)[C@@]1(F)[C@@]1(F)[C@H]3CC/C=C\CC[C@@H]3[C@@]21F. The fourth-order valence-electron chi connectivity index (χ4n) is 4.90. The van der Waals surface area contributed by atoms with Gasteiger partial charge in [0.15, 0.2) is 23.0 Å². The molecule has 0 N–H and O–H groups in total. The van der Waals surface area contributed by atoms with Gasteiger partial charge in [-0.2, -0.15) is 0 Å². The van der Waals surface area contributed by atoms with Crippen molar-refractivity contribution < 1.29 is 26.3 Å².